The fraction of sp³-hybridized carbons (Fsp3) is 0.500. The number of methoxy groups -OCH3 is 2. The Morgan fingerprint density at radius 3 is 2.47 bits per heavy atom. The highest BCUT2D eigenvalue weighted by Crippen LogP contribution is 2.37. The summed E-state index contributed by atoms with van der Waals surface area (Å²) in [6.45, 7) is 0.540. The molecule has 0 aromatic heterocycles. The fourth-order valence-corrected chi connectivity index (χ4v) is 3.85. The topological polar surface area (TPSA) is 65.1 Å². The summed E-state index contributed by atoms with van der Waals surface area (Å²) < 4.78 is 40.2. The van der Waals surface area contributed by atoms with Gasteiger partial charge in [-0.15, -0.1) is 0 Å². The van der Waals surface area contributed by atoms with Gasteiger partial charge in [0, 0.05) is 6.54 Å². The van der Waals surface area contributed by atoms with Crippen molar-refractivity contribution in [1.29, 1.82) is 0 Å². The highest BCUT2D eigenvalue weighted by Gasteiger charge is 2.42. The lowest BCUT2D eigenvalue weighted by molar-refractivity contribution is 0.290. The molecule has 0 saturated carbocycles. The molecule has 3 rings (SSSR count). The normalized spacial score (nSPS) is 24.6. The Morgan fingerprint density at radius 1 is 1.21 bits per heavy atom. The molecule has 0 N–H and O–H groups in total. The Labute approximate surface area is 112 Å². The van der Waals surface area contributed by atoms with E-state index in [2.05, 4.69) is 0 Å². The van der Waals surface area contributed by atoms with Crippen molar-refractivity contribution < 1.29 is 22.1 Å². The van der Waals surface area contributed by atoms with Crippen LogP contribution in [0.1, 0.15) is 11.1 Å². The maximum Gasteiger partial charge on any atom is 0.339 e. The first-order valence-electron chi connectivity index (χ1n) is 5.95. The summed E-state index contributed by atoms with van der Waals surface area (Å²) in [6, 6.07) is 3.63. The molecule has 0 radical (unpaired) electrons. The minimum Gasteiger partial charge on any atom is -0.493 e. The van der Waals surface area contributed by atoms with Crippen LogP contribution in [0.25, 0.3) is 0 Å². The molecule has 0 amide bonds. The Bertz CT molecular complexity index is 613. The van der Waals surface area contributed by atoms with E-state index in [9.17, 15) is 8.42 Å². The third-order valence-electron chi connectivity index (χ3n) is 3.59. The van der Waals surface area contributed by atoms with E-state index in [1.54, 1.807) is 14.2 Å². The van der Waals surface area contributed by atoms with Crippen LogP contribution in [0.5, 0.6) is 11.5 Å². The summed E-state index contributed by atoms with van der Waals surface area (Å²) >= 11 is 0. The van der Waals surface area contributed by atoms with Gasteiger partial charge < -0.3 is 9.47 Å². The van der Waals surface area contributed by atoms with Crippen LogP contribution in [-0.4, -0.2) is 39.6 Å². The summed E-state index contributed by atoms with van der Waals surface area (Å²) in [4.78, 5) is 0. The van der Waals surface area contributed by atoms with Crippen LogP contribution in [0.4, 0.5) is 0 Å². The van der Waals surface area contributed by atoms with Gasteiger partial charge in [-0.1, -0.05) is 0 Å². The first-order chi connectivity index (χ1) is 9.05. The van der Waals surface area contributed by atoms with E-state index in [-0.39, 0.29) is 12.6 Å². The molecule has 2 heterocycles. The molecule has 1 aromatic carbocycles. The molecule has 1 atom stereocenters. The standard InChI is InChI=1S/C12H15NO5S/c1-16-11-4-8-3-10-7-18-19(14,15)13(10)6-9(8)5-12(11)17-2/h4-5,10H,3,6-7H2,1-2H3. The van der Waals surface area contributed by atoms with Crippen molar-refractivity contribution in [2.45, 2.75) is 19.0 Å². The average molecular weight is 285 g/mol. The molecular weight excluding hydrogens is 270 g/mol. The van der Waals surface area contributed by atoms with Crippen LogP contribution in [0.2, 0.25) is 0 Å². The Hall–Kier alpha value is -1.31. The minimum absolute atomic E-state index is 0.115. The maximum absolute atomic E-state index is 11.7. The lowest BCUT2D eigenvalue weighted by Gasteiger charge is -2.28. The number of fused-ring (bicyclic) bond motifs is 2. The predicted molar refractivity (Wildman–Crippen MR) is 67.5 cm³/mol. The summed E-state index contributed by atoms with van der Waals surface area (Å²) in [5.41, 5.74) is 2.02. The molecule has 1 aromatic rings. The van der Waals surface area contributed by atoms with Gasteiger partial charge in [-0.2, -0.15) is 12.7 Å². The quantitative estimate of drug-likeness (QED) is 0.800. The van der Waals surface area contributed by atoms with E-state index in [0.717, 1.165) is 11.1 Å². The summed E-state index contributed by atoms with van der Waals surface area (Å²) in [5, 5.41) is 0. The van der Waals surface area contributed by atoms with Gasteiger partial charge in [0.25, 0.3) is 0 Å². The summed E-state index contributed by atoms with van der Waals surface area (Å²) in [7, 11) is -0.417. The van der Waals surface area contributed by atoms with Crippen molar-refractivity contribution in [2.24, 2.45) is 0 Å². The molecular formula is C12H15NO5S. The van der Waals surface area contributed by atoms with E-state index < -0.39 is 10.3 Å². The second kappa shape index (κ2) is 4.36. The third-order valence-corrected chi connectivity index (χ3v) is 5.03. The van der Waals surface area contributed by atoms with Crippen molar-refractivity contribution in [1.82, 2.24) is 4.31 Å². The van der Waals surface area contributed by atoms with Gasteiger partial charge in [-0.3, -0.25) is 4.18 Å². The van der Waals surface area contributed by atoms with Gasteiger partial charge in [0.2, 0.25) is 0 Å². The monoisotopic (exact) mass is 285 g/mol. The number of hydrogen-bond acceptors (Lipinski definition) is 5. The lowest BCUT2D eigenvalue weighted by atomic mass is 9.95. The van der Waals surface area contributed by atoms with Crippen molar-refractivity contribution >= 4 is 10.3 Å². The molecule has 2 aliphatic heterocycles. The minimum atomic E-state index is -3.56. The smallest absolute Gasteiger partial charge is 0.339 e. The van der Waals surface area contributed by atoms with Crippen LogP contribution in [-0.2, 0) is 27.5 Å². The van der Waals surface area contributed by atoms with Gasteiger partial charge in [-0.05, 0) is 29.7 Å². The number of ether oxygens (including phenoxy) is 2. The number of benzene rings is 1. The largest absolute Gasteiger partial charge is 0.493 e. The SMILES string of the molecule is COc1cc2c(cc1OC)CN1C(COS1(=O)=O)C2. The van der Waals surface area contributed by atoms with E-state index in [0.29, 0.717) is 24.5 Å². The molecule has 1 fully saturated rings. The molecule has 1 unspecified atom stereocenters. The molecule has 6 nitrogen and oxygen atoms in total. The molecule has 19 heavy (non-hydrogen) atoms. The Balaban J connectivity index is 2.03. The van der Waals surface area contributed by atoms with Crippen LogP contribution < -0.4 is 9.47 Å². The third kappa shape index (κ3) is 1.98. The molecule has 0 bridgehead atoms. The van der Waals surface area contributed by atoms with Gasteiger partial charge in [0.05, 0.1) is 26.9 Å². The molecule has 0 aliphatic carbocycles. The van der Waals surface area contributed by atoms with Crippen LogP contribution in [0.15, 0.2) is 12.1 Å². The zero-order valence-electron chi connectivity index (χ0n) is 10.8. The summed E-state index contributed by atoms with van der Waals surface area (Å²) in [6.07, 6.45) is 0.634. The zero-order valence-corrected chi connectivity index (χ0v) is 11.6. The number of hydrogen-bond donors (Lipinski definition) is 0. The molecule has 2 aliphatic rings. The predicted octanol–water partition coefficient (Wildman–Crippen LogP) is 0.706. The van der Waals surface area contributed by atoms with Gasteiger partial charge in [0.15, 0.2) is 11.5 Å². The van der Waals surface area contributed by atoms with Crippen molar-refractivity contribution in [3.63, 3.8) is 0 Å². The fourth-order valence-electron chi connectivity index (χ4n) is 2.59. The second-order valence-corrected chi connectivity index (χ2v) is 6.18. The highest BCUT2D eigenvalue weighted by molar-refractivity contribution is 7.84. The number of rotatable bonds is 2. The van der Waals surface area contributed by atoms with Crippen molar-refractivity contribution in [3.05, 3.63) is 23.3 Å². The van der Waals surface area contributed by atoms with E-state index >= 15 is 0 Å². The van der Waals surface area contributed by atoms with Crippen LogP contribution in [0, 0.1) is 0 Å². The molecule has 7 heteroatoms. The van der Waals surface area contributed by atoms with Crippen LogP contribution in [0.3, 0.4) is 0 Å². The van der Waals surface area contributed by atoms with Crippen molar-refractivity contribution in [3.8, 4) is 11.5 Å². The average Bonchev–Trinajstić information content (AvgIpc) is 2.70. The first kappa shape index (κ1) is 12.7. The second-order valence-electron chi connectivity index (χ2n) is 4.62. The number of nitrogens with zero attached hydrogens (tertiary/aromatic N) is 1. The van der Waals surface area contributed by atoms with Crippen molar-refractivity contribution in [2.75, 3.05) is 20.8 Å². The van der Waals surface area contributed by atoms with E-state index in [1.807, 2.05) is 12.1 Å². The summed E-state index contributed by atoms with van der Waals surface area (Å²) in [5.74, 6) is 1.27. The molecule has 104 valence electrons. The van der Waals surface area contributed by atoms with Gasteiger partial charge in [0.1, 0.15) is 0 Å². The first-order valence-corrected chi connectivity index (χ1v) is 7.31. The van der Waals surface area contributed by atoms with Crippen LogP contribution >= 0.6 is 0 Å². The Kier molecular flexibility index (Phi) is 2.92. The Morgan fingerprint density at radius 2 is 1.84 bits per heavy atom. The van der Waals surface area contributed by atoms with E-state index in [4.69, 9.17) is 13.7 Å². The maximum atomic E-state index is 11.7. The zero-order chi connectivity index (χ0) is 13.6. The lowest BCUT2D eigenvalue weighted by Crippen LogP contribution is -2.38. The van der Waals surface area contributed by atoms with Gasteiger partial charge >= 0.3 is 10.3 Å². The van der Waals surface area contributed by atoms with Gasteiger partial charge in [-0.25, -0.2) is 0 Å². The highest BCUT2D eigenvalue weighted by atomic mass is 32.2. The van der Waals surface area contributed by atoms with E-state index in [1.165, 1.54) is 4.31 Å². The molecule has 1 saturated heterocycles. The molecule has 0 spiro atoms.